The molecule has 14 heavy (non-hydrogen) atoms. The van der Waals surface area contributed by atoms with Gasteiger partial charge in [0, 0.05) is 11.3 Å². The van der Waals surface area contributed by atoms with Crippen LogP contribution in [-0.2, 0) is 0 Å². The van der Waals surface area contributed by atoms with Gasteiger partial charge in [0.1, 0.15) is 11.6 Å². The van der Waals surface area contributed by atoms with Crippen molar-refractivity contribution in [3.05, 3.63) is 41.5 Å². The van der Waals surface area contributed by atoms with E-state index >= 15 is 0 Å². The molecule has 0 fully saturated rings. The van der Waals surface area contributed by atoms with Crippen LogP contribution >= 0.6 is 11.8 Å². The fraction of sp³-hybridized carbons (Fsp3) is 0.273. The summed E-state index contributed by atoms with van der Waals surface area (Å²) in [5, 5.41) is 0. The van der Waals surface area contributed by atoms with Crippen LogP contribution in [0.4, 0.5) is 8.78 Å². The minimum absolute atomic E-state index is 0.160. The van der Waals surface area contributed by atoms with Crippen molar-refractivity contribution in [2.75, 3.05) is 11.5 Å². The zero-order valence-electron chi connectivity index (χ0n) is 7.59. The molecule has 74 valence electrons. The van der Waals surface area contributed by atoms with Crippen LogP contribution in [0.2, 0.25) is 0 Å². The average molecular weight is 212 g/mol. The summed E-state index contributed by atoms with van der Waals surface area (Å²) in [4.78, 5) is 0. The topological polar surface area (TPSA) is 0 Å². The Bertz CT molecular complexity index is 351. The number of allylic oxidation sites excluding steroid dienone is 1. The molecule has 1 heterocycles. The van der Waals surface area contributed by atoms with Crippen LogP contribution in [0.25, 0.3) is 5.57 Å². The van der Waals surface area contributed by atoms with Gasteiger partial charge in [0.2, 0.25) is 0 Å². The van der Waals surface area contributed by atoms with Crippen molar-refractivity contribution in [1.29, 1.82) is 0 Å². The standard InChI is InChI=1S/C11H10F2S/c12-9-2-1-3-10(13)11(9)8-4-6-14-7-5-8/h1-4H,5-7H2. The van der Waals surface area contributed by atoms with Gasteiger partial charge < -0.3 is 0 Å². The minimum atomic E-state index is -0.455. The Morgan fingerprint density at radius 3 is 2.43 bits per heavy atom. The summed E-state index contributed by atoms with van der Waals surface area (Å²) in [6.07, 6.45) is 2.66. The predicted octanol–water partition coefficient (Wildman–Crippen LogP) is 3.49. The minimum Gasteiger partial charge on any atom is -0.206 e. The first-order chi connectivity index (χ1) is 6.79. The molecule has 0 bridgehead atoms. The monoisotopic (exact) mass is 212 g/mol. The third kappa shape index (κ3) is 1.82. The average Bonchev–Trinajstić information content (AvgIpc) is 2.19. The molecule has 0 N–H and O–H groups in total. The number of hydrogen-bond acceptors (Lipinski definition) is 1. The summed E-state index contributed by atoms with van der Waals surface area (Å²) in [5.41, 5.74) is 0.965. The Labute approximate surface area is 86.0 Å². The zero-order valence-corrected chi connectivity index (χ0v) is 8.41. The Kier molecular flexibility index (Phi) is 2.87. The number of halogens is 2. The van der Waals surface area contributed by atoms with Crippen molar-refractivity contribution >= 4 is 17.3 Å². The Hall–Kier alpha value is -0.830. The van der Waals surface area contributed by atoms with E-state index in [1.54, 1.807) is 11.8 Å². The van der Waals surface area contributed by atoms with E-state index in [1.807, 2.05) is 6.08 Å². The molecule has 0 unspecified atom stereocenters. The molecule has 0 saturated carbocycles. The van der Waals surface area contributed by atoms with Crippen molar-refractivity contribution in [3.8, 4) is 0 Å². The van der Waals surface area contributed by atoms with Gasteiger partial charge in [-0.1, -0.05) is 12.1 Å². The molecule has 0 radical (unpaired) electrons. The van der Waals surface area contributed by atoms with Gasteiger partial charge in [0.25, 0.3) is 0 Å². The molecule has 1 aromatic carbocycles. The third-order valence-electron chi connectivity index (χ3n) is 2.25. The number of rotatable bonds is 1. The molecule has 3 heteroatoms. The highest BCUT2D eigenvalue weighted by molar-refractivity contribution is 7.99. The predicted molar refractivity (Wildman–Crippen MR) is 56.3 cm³/mol. The molecule has 0 aliphatic carbocycles. The quantitative estimate of drug-likeness (QED) is 0.686. The molecule has 2 rings (SSSR count). The van der Waals surface area contributed by atoms with E-state index in [0.717, 1.165) is 23.5 Å². The summed E-state index contributed by atoms with van der Waals surface area (Å²) < 4.78 is 26.7. The summed E-state index contributed by atoms with van der Waals surface area (Å²) in [6, 6.07) is 4.01. The van der Waals surface area contributed by atoms with Gasteiger partial charge in [-0.25, -0.2) is 8.78 Å². The van der Waals surface area contributed by atoms with Crippen LogP contribution < -0.4 is 0 Å². The van der Waals surface area contributed by atoms with Crippen molar-refractivity contribution in [1.82, 2.24) is 0 Å². The fourth-order valence-corrected chi connectivity index (χ4v) is 2.41. The van der Waals surface area contributed by atoms with E-state index in [2.05, 4.69) is 0 Å². The highest BCUT2D eigenvalue weighted by atomic mass is 32.2. The van der Waals surface area contributed by atoms with E-state index in [4.69, 9.17) is 0 Å². The Balaban J connectivity index is 2.44. The van der Waals surface area contributed by atoms with Crippen LogP contribution in [0.3, 0.4) is 0 Å². The van der Waals surface area contributed by atoms with E-state index in [1.165, 1.54) is 18.2 Å². The fourth-order valence-electron chi connectivity index (χ4n) is 1.56. The second-order valence-corrected chi connectivity index (χ2v) is 4.30. The number of thioether (sulfide) groups is 1. The summed E-state index contributed by atoms with van der Waals surface area (Å²) >= 11 is 1.78. The maximum absolute atomic E-state index is 13.3. The third-order valence-corrected chi connectivity index (χ3v) is 3.14. The maximum Gasteiger partial charge on any atom is 0.133 e. The summed E-state index contributed by atoms with van der Waals surface area (Å²) in [5.74, 6) is 0.884. The van der Waals surface area contributed by atoms with Crippen molar-refractivity contribution in [2.24, 2.45) is 0 Å². The molecular weight excluding hydrogens is 202 g/mol. The first-order valence-electron chi connectivity index (χ1n) is 4.50. The molecule has 1 aromatic rings. The van der Waals surface area contributed by atoms with Gasteiger partial charge in [-0.3, -0.25) is 0 Å². The molecule has 1 aliphatic heterocycles. The Morgan fingerprint density at radius 2 is 1.86 bits per heavy atom. The van der Waals surface area contributed by atoms with Crippen LogP contribution in [0, 0.1) is 11.6 Å². The van der Waals surface area contributed by atoms with Crippen LogP contribution in [0.15, 0.2) is 24.3 Å². The van der Waals surface area contributed by atoms with Crippen LogP contribution in [0.1, 0.15) is 12.0 Å². The van der Waals surface area contributed by atoms with E-state index in [-0.39, 0.29) is 5.56 Å². The molecule has 0 aromatic heterocycles. The normalized spacial score (nSPS) is 16.6. The van der Waals surface area contributed by atoms with Crippen molar-refractivity contribution < 1.29 is 8.78 Å². The van der Waals surface area contributed by atoms with Crippen molar-refractivity contribution in [3.63, 3.8) is 0 Å². The SMILES string of the molecule is Fc1cccc(F)c1C1=CCSCC1. The lowest BCUT2D eigenvalue weighted by atomic mass is 10.0. The lowest BCUT2D eigenvalue weighted by Crippen LogP contribution is -2.00. The molecule has 0 atom stereocenters. The number of hydrogen-bond donors (Lipinski definition) is 0. The van der Waals surface area contributed by atoms with E-state index in [9.17, 15) is 8.78 Å². The molecule has 0 amide bonds. The van der Waals surface area contributed by atoms with Crippen molar-refractivity contribution in [2.45, 2.75) is 6.42 Å². The summed E-state index contributed by atoms with van der Waals surface area (Å²) in [6.45, 7) is 0. The highest BCUT2D eigenvalue weighted by Gasteiger charge is 2.14. The molecular formula is C11H10F2S. The van der Waals surface area contributed by atoms with Gasteiger partial charge in [0.05, 0.1) is 0 Å². The molecule has 1 aliphatic rings. The van der Waals surface area contributed by atoms with E-state index < -0.39 is 11.6 Å². The van der Waals surface area contributed by atoms with Gasteiger partial charge in [-0.05, 0) is 29.9 Å². The second kappa shape index (κ2) is 4.13. The van der Waals surface area contributed by atoms with E-state index in [0.29, 0.717) is 0 Å². The van der Waals surface area contributed by atoms with Crippen LogP contribution in [0.5, 0.6) is 0 Å². The second-order valence-electron chi connectivity index (χ2n) is 3.15. The van der Waals surface area contributed by atoms with Gasteiger partial charge in [0.15, 0.2) is 0 Å². The number of benzene rings is 1. The highest BCUT2D eigenvalue weighted by Crippen LogP contribution is 2.29. The first kappa shape index (κ1) is 9.71. The molecule has 0 nitrogen and oxygen atoms in total. The van der Waals surface area contributed by atoms with Crippen LogP contribution in [-0.4, -0.2) is 11.5 Å². The zero-order chi connectivity index (χ0) is 9.97. The lowest BCUT2D eigenvalue weighted by molar-refractivity contribution is 0.576. The van der Waals surface area contributed by atoms with Gasteiger partial charge >= 0.3 is 0 Å². The lowest BCUT2D eigenvalue weighted by Gasteiger charge is -2.13. The smallest absolute Gasteiger partial charge is 0.133 e. The largest absolute Gasteiger partial charge is 0.206 e. The molecule has 0 spiro atoms. The summed E-state index contributed by atoms with van der Waals surface area (Å²) in [7, 11) is 0. The van der Waals surface area contributed by atoms with Gasteiger partial charge in [-0.15, -0.1) is 0 Å². The Morgan fingerprint density at radius 1 is 1.14 bits per heavy atom. The first-order valence-corrected chi connectivity index (χ1v) is 5.65. The molecule has 0 saturated heterocycles. The maximum atomic E-state index is 13.3. The van der Waals surface area contributed by atoms with Gasteiger partial charge in [-0.2, -0.15) is 11.8 Å².